The molecule has 1 heterocycles. The Kier molecular flexibility index (Phi) is 5.34. The molecule has 1 heteroatoms. The molecule has 112 valence electrons. The van der Waals surface area contributed by atoms with Gasteiger partial charge in [0.25, 0.3) is 0 Å². The van der Waals surface area contributed by atoms with Crippen molar-refractivity contribution < 1.29 is 0 Å². The van der Waals surface area contributed by atoms with E-state index >= 15 is 0 Å². The Balaban J connectivity index is 1.75. The summed E-state index contributed by atoms with van der Waals surface area (Å²) in [5.41, 5.74) is 0.683. The summed E-state index contributed by atoms with van der Waals surface area (Å²) in [5.74, 6) is 3.80. The van der Waals surface area contributed by atoms with Crippen LogP contribution in [0.5, 0.6) is 0 Å². The molecular formula is C18H35N. The van der Waals surface area contributed by atoms with Crippen LogP contribution in [0.4, 0.5) is 0 Å². The topological polar surface area (TPSA) is 12.0 Å². The summed E-state index contributed by atoms with van der Waals surface area (Å²) in [6.45, 7) is 12.3. The third-order valence-corrected chi connectivity index (χ3v) is 6.61. The van der Waals surface area contributed by atoms with Gasteiger partial charge < -0.3 is 5.32 Å². The van der Waals surface area contributed by atoms with Crippen LogP contribution in [0.25, 0.3) is 0 Å². The summed E-state index contributed by atoms with van der Waals surface area (Å²) >= 11 is 0. The predicted octanol–water partition coefficient (Wildman–Crippen LogP) is 4.86. The third-order valence-electron chi connectivity index (χ3n) is 6.61. The fourth-order valence-electron chi connectivity index (χ4n) is 4.67. The summed E-state index contributed by atoms with van der Waals surface area (Å²) in [6.07, 6.45) is 10.3. The average molecular weight is 265 g/mol. The normalized spacial score (nSPS) is 37.1. The average Bonchev–Trinajstić information content (AvgIpc) is 3.06. The van der Waals surface area contributed by atoms with Gasteiger partial charge in [-0.25, -0.2) is 0 Å². The number of hydrogen-bond donors (Lipinski definition) is 1. The van der Waals surface area contributed by atoms with Crippen molar-refractivity contribution >= 4 is 0 Å². The van der Waals surface area contributed by atoms with E-state index in [1.807, 2.05) is 0 Å². The van der Waals surface area contributed by atoms with Crippen LogP contribution in [-0.4, -0.2) is 13.1 Å². The zero-order valence-electron chi connectivity index (χ0n) is 13.7. The zero-order valence-corrected chi connectivity index (χ0v) is 13.7. The van der Waals surface area contributed by atoms with Crippen LogP contribution in [0.2, 0.25) is 0 Å². The van der Waals surface area contributed by atoms with E-state index in [1.165, 1.54) is 58.0 Å². The lowest BCUT2D eigenvalue weighted by Crippen LogP contribution is -2.23. The summed E-state index contributed by atoms with van der Waals surface area (Å²) in [4.78, 5) is 0. The smallest absolute Gasteiger partial charge is 0.00175 e. The second kappa shape index (κ2) is 6.61. The minimum Gasteiger partial charge on any atom is -0.316 e. The molecule has 1 saturated heterocycles. The zero-order chi connectivity index (χ0) is 13.9. The first kappa shape index (κ1) is 15.4. The van der Waals surface area contributed by atoms with E-state index in [0.717, 1.165) is 23.7 Å². The Hall–Kier alpha value is -0.0400. The van der Waals surface area contributed by atoms with E-state index in [1.54, 1.807) is 0 Å². The minimum absolute atomic E-state index is 0.683. The quantitative estimate of drug-likeness (QED) is 0.723. The van der Waals surface area contributed by atoms with Gasteiger partial charge in [0.1, 0.15) is 0 Å². The Morgan fingerprint density at radius 2 is 2.00 bits per heavy atom. The van der Waals surface area contributed by atoms with E-state index in [-0.39, 0.29) is 0 Å². The summed E-state index contributed by atoms with van der Waals surface area (Å²) in [5, 5.41) is 3.52. The third kappa shape index (κ3) is 3.54. The lowest BCUT2D eigenvalue weighted by Gasteiger charge is -2.33. The molecule has 0 spiro atoms. The Labute approximate surface area is 120 Å². The number of rotatable bonds is 6. The highest BCUT2D eigenvalue weighted by Gasteiger charge is 2.39. The Morgan fingerprint density at radius 1 is 1.21 bits per heavy atom. The molecule has 2 fully saturated rings. The Bertz CT molecular complexity index is 267. The van der Waals surface area contributed by atoms with E-state index in [2.05, 4.69) is 33.0 Å². The molecule has 0 radical (unpaired) electrons. The van der Waals surface area contributed by atoms with Crippen LogP contribution >= 0.6 is 0 Å². The van der Waals surface area contributed by atoms with Crippen molar-refractivity contribution in [3.63, 3.8) is 0 Å². The second-order valence-electron chi connectivity index (χ2n) is 7.79. The molecule has 0 aromatic carbocycles. The summed E-state index contributed by atoms with van der Waals surface area (Å²) in [6, 6.07) is 0. The standard InChI is InChI=1S/C18H35N/c1-5-18(14(2)3)10-8-16(12-18)7-6-15(4)17-9-11-19-13-17/h14-17,19H,5-13H2,1-4H3/t15?,16?,17-,18?/m0/s1. The predicted molar refractivity (Wildman–Crippen MR) is 84.3 cm³/mol. The molecule has 1 saturated carbocycles. The largest absolute Gasteiger partial charge is 0.316 e. The fraction of sp³-hybridized carbons (Fsp3) is 1.00. The second-order valence-corrected chi connectivity index (χ2v) is 7.79. The number of nitrogens with one attached hydrogen (secondary N) is 1. The molecule has 0 bridgehead atoms. The molecule has 3 unspecified atom stereocenters. The monoisotopic (exact) mass is 265 g/mol. The Morgan fingerprint density at radius 3 is 2.53 bits per heavy atom. The van der Waals surface area contributed by atoms with E-state index in [4.69, 9.17) is 0 Å². The van der Waals surface area contributed by atoms with Gasteiger partial charge >= 0.3 is 0 Å². The van der Waals surface area contributed by atoms with Gasteiger partial charge in [-0.3, -0.25) is 0 Å². The van der Waals surface area contributed by atoms with Gasteiger partial charge in [-0.1, -0.05) is 47.0 Å². The van der Waals surface area contributed by atoms with Crippen molar-refractivity contribution in [2.24, 2.45) is 29.1 Å². The van der Waals surface area contributed by atoms with Gasteiger partial charge in [0.15, 0.2) is 0 Å². The lowest BCUT2D eigenvalue weighted by atomic mass is 9.73. The van der Waals surface area contributed by atoms with E-state index in [0.29, 0.717) is 5.41 Å². The van der Waals surface area contributed by atoms with Crippen LogP contribution in [0.1, 0.15) is 72.6 Å². The molecule has 2 aliphatic rings. The van der Waals surface area contributed by atoms with Gasteiger partial charge in [0.05, 0.1) is 0 Å². The molecule has 0 aromatic heterocycles. The van der Waals surface area contributed by atoms with Crippen LogP contribution in [0, 0.1) is 29.1 Å². The first-order valence-corrected chi connectivity index (χ1v) is 8.78. The van der Waals surface area contributed by atoms with Crippen LogP contribution in [0.3, 0.4) is 0 Å². The van der Waals surface area contributed by atoms with Crippen molar-refractivity contribution in [2.45, 2.75) is 72.6 Å². The molecule has 2 rings (SSSR count). The van der Waals surface area contributed by atoms with E-state index < -0.39 is 0 Å². The highest BCUT2D eigenvalue weighted by atomic mass is 14.9. The molecule has 0 amide bonds. The van der Waals surface area contributed by atoms with Crippen molar-refractivity contribution in [3.05, 3.63) is 0 Å². The molecule has 19 heavy (non-hydrogen) atoms. The molecule has 1 aliphatic heterocycles. The van der Waals surface area contributed by atoms with Crippen molar-refractivity contribution in [1.82, 2.24) is 5.32 Å². The molecule has 1 aliphatic carbocycles. The van der Waals surface area contributed by atoms with Gasteiger partial charge in [0.2, 0.25) is 0 Å². The maximum absolute atomic E-state index is 3.52. The highest BCUT2D eigenvalue weighted by Crippen LogP contribution is 2.50. The van der Waals surface area contributed by atoms with Crippen molar-refractivity contribution in [3.8, 4) is 0 Å². The number of hydrogen-bond acceptors (Lipinski definition) is 1. The molecular weight excluding hydrogens is 230 g/mol. The van der Waals surface area contributed by atoms with Gasteiger partial charge in [0, 0.05) is 0 Å². The first-order valence-electron chi connectivity index (χ1n) is 8.78. The summed E-state index contributed by atoms with van der Waals surface area (Å²) in [7, 11) is 0. The van der Waals surface area contributed by atoms with Gasteiger partial charge in [-0.2, -0.15) is 0 Å². The fourth-order valence-corrected chi connectivity index (χ4v) is 4.67. The molecule has 0 aromatic rings. The van der Waals surface area contributed by atoms with E-state index in [9.17, 15) is 0 Å². The maximum Gasteiger partial charge on any atom is -0.00175 e. The highest BCUT2D eigenvalue weighted by molar-refractivity contribution is 4.90. The SMILES string of the molecule is CCC1(C(C)C)CCC(CCC(C)[C@H]2CCNC2)C1. The van der Waals surface area contributed by atoms with Crippen molar-refractivity contribution in [1.29, 1.82) is 0 Å². The first-order chi connectivity index (χ1) is 9.07. The maximum atomic E-state index is 3.52. The van der Waals surface area contributed by atoms with Crippen LogP contribution < -0.4 is 5.32 Å². The van der Waals surface area contributed by atoms with Crippen LogP contribution in [0.15, 0.2) is 0 Å². The molecule has 1 nitrogen and oxygen atoms in total. The molecule has 4 atom stereocenters. The lowest BCUT2D eigenvalue weighted by molar-refractivity contribution is 0.176. The van der Waals surface area contributed by atoms with Crippen molar-refractivity contribution in [2.75, 3.05) is 13.1 Å². The minimum atomic E-state index is 0.683. The van der Waals surface area contributed by atoms with Gasteiger partial charge in [-0.15, -0.1) is 0 Å². The molecule has 1 N–H and O–H groups in total. The van der Waals surface area contributed by atoms with Gasteiger partial charge in [-0.05, 0) is 67.9 Å². The summed E-state index contributed by atoms with van der Waals surface area (Å²) < 4.78 is 0. The van der Waals surface area contributed by atoms with Crippen LogP contribution in [-0.2, 0) is 0 Å².